The van der Waals surface area contributed by atoms with E-state index in [1.807, 2.05) is 0 Å². The molecule has 358 valence electrons. The molecule has 2 aliphatic rings. The van der Waals surface area contributed by atoms with Gasteiger partial charge in [0, 0.05) is 33.5 Å². The summed E-state index contributed by atoms with van der Waals surface area (Å²) in [5, 5.41) is 7.46. The van der Waals surface area contributed by atoms with Crippen LogP contribution in [0.15, 0.2) is 291 Å². The molecule has 2 aliphatic carbocycles. The van der Waals surface area contributed by atoms with Crippen molar-refractivity contribution >= 4 is 60.4 Å². The van der Waals surface area contributed by atoms with E-state index in [-0.39, 0.29) is 0 Å². The SMILES string of the molecule is c1ccc(N(c2ccccc2)c2ccc(-c3ccc4c(c3)c3ccccc3n4-c3ccc(-c4c5ccccc5c(-c5ccc6c(c5)C5(c7ccccc7-c7ccccc75)c5ccccc5-6)c5ccccc45)cc3)cc2)cc1. The van der Waals surface area contributed by atoms with Gasteiger partial charge in [0.05, 0.1) is 16.4 Å². The monoisotopic (exact) mass is 976 g/mol. The zero-order valence-electron chi connectivity index (χ0n) is 42.1. The summed E-state index contributed by atoms with van der Waals surface area (Å²) in [6.07, 6.45) is 0. The van der Waals surface area contributed by atoms with Gasteiger partial charge in [-0.25, -0.2) is 0 Å². The van der Waals surface area contributed by atoms with Crippen molar-refractivity contribution in [3.05, 3.63) is 313 Å². The van der Waals surface area contributed by atoms with E-state index in [9.17, 15) is 0 Å². The second kappa shape index (κ2) is 17.0. The predicted octanol–water partition coefficient (Wildman–Crippen LogP) is 19.9. The molecule has 0 bridgehead atoms. The Morgan fingerprint density at radius 2 is 0.649 bits per heavy atom. The fourth-order valence-corrected chi connectivity index (χ4v) is 13.6. The summed E-state index contributed by atoms with van der Waals surface area (Å²) in [6, 6.07) is 108. The number of hydrogen-bond donors (Lipinski definition) is 0. The molecule has 0 saturated heterocycles. The van der Waals surface area contributed by atoms with Crippen LogP contribution in [-0.4, -0.2) is 4.57 Å². The van der Waals surface area contributed by atoms with Crippen molar-refractivity contribution in [1.82, 2.24) is 4.57 Å². The zero-order valence-corrected chi connectivity index (χ0v) is 42.1. The summed E-state index contributed by atoms with van der Waals surface area (Å²) < 4.78 is 2.43. The number of anilines is 3. The summed E-state index contributed by atoms with van der Waals surface area (Å²) in [6.45, 7) is 0. The highest BCUT2D eigenvalue weighted by molar-refractivity contribution is 6.22. The summed E-state index contributed by atoms with van der Waals surface area (Å²) in [4.78, 5) is 2.31. The van der Waals surface area contributed by atoms with Crippen LogP contribution in [0.2, 0.25) is 0 Å². The Balaban J connectivity index is 0.799. The van der Waals surface area contributed by atoms with Crippen LogP contribution in [-0.2, 0) is 5.41 Å². The van der Waals surface area contributed by atoms with Gasteiger partial charge < -0.3 is 9.47 Å². The zero-order chi connectivity index (χ0) is 50.6. The molecule has 0 amide bonds. The smallest absolute Gasteiger partial charge is 0.0725 e. The molecule has 14 aromatic rings. The Morgan fingerprint density at radius 3 is 1.21 bits per heavy atom. The molecule has 2 heteroatoms. The van der Waals surface area contributed by atoms with E-state index in [1.165, 1.54) is 121 Å². The summed E-state index contributed by atoms with van der Waals surface area (Å²) in [5.41, 5.74) is 24.5. The molecule has 13 aromatic carbocycles. The highest BCUT2D eigenvalue weighted by Gasteiger charge is 2.51. The third kappa shape index (κ3) is 6.37. The second-order valence-electron chi connectivity index (χ2n) is 20.7. The first-order valence-corrected chi connectivity index (χ1v) is 26.7. The number of hydrogen-bond acceptors (Lipinski definition) is 1. The van der Waals surface area contributed by atoms with E-state index < -0.39 is 5.41 Å². The van der Waals surface area contributed by atoms with Crippen LogP contribution in [0.1, 0.15) is 22.3 Å². The average Bonchev–Trinajstić information content (AvgIpc) is 4.20. The maximum atomic E-state index is 2.54. The van der Waals surface area contributed by atoms with E-state index in [1.54, 1.807) is 0 Å². The number of fused-ring (bicyclic) bond motifs is 15. The molecular weight excluding hydrogens is 929 g/mol. The number of rotatable bonds is 7. The molecule has 16 rings (SSSR count). The van der Waals surface area contributed by atoms with Crippen LogP contribution >= 0.6 is 0 Å². The molecule has 1 spiro atoms. The van der Waals surface area contributed by atoms with E-state index in [2.05, 4.69) is 301 Å². The van der Waals surface area contributed by atoms with Gasteiger partial charge in [0.1, 0.15) is 0 Å². The van der Waals surface area contributed by atoms with Gasteiger partial charge in [-0.3, -0.25) is 0 Å². The van der Waals surface area contributed by atoms with Gasteiger partial charge in [-0.15, -0.1) is 0 Å². The van der Waals surface area contributed by atoms with Crippen LogP contribution in [0.3, 0.4) is 0 Å². The van der Waals surface area contributed by atoms with Crippen molar-refractivity contribution in [3.8, 4) is 61.3 Å². The molecule has 0 aliphatic heterocycles. The number of nitrogens with zero attached hydrogens (tertiary/aromatic N) is 2. The molecule has 1 aromatic heterocycles. The predicted molar refractivity (Wildman–Crippen MR) is 323 cm³/mol. The molecule has 77 heavy (non-hydrogen) atoms. The van der Waals surface area contributed by atoms with Crippen molar-refractivity contribution in [3.63, 3.8) is 0 Å². The number of benzene rings is 13. The molecule has 0 fully saturated rings. The molecule has 2 nitrogen and oxygen atoms in total. The average molecular weight is 977 g/mol. The van der Waals surface area contributed by atoms with Gasteiger partial charge in [-0.05, 0) is 172 Å². The lowest BCUT2D eigenvalue weighted by atomic mass is 9.70. The van der Waals surface area contributed by atoms with Gasteiger partial charge in [0.2, 0.25) is 0 Å². The largest absolute Gasteiger partial charge is 0.311 e. The summed E-state index contributed by atoms with van der Waals surface area (Å²) in [5.74, 6) is 0. The molecular formula is C75H48N2. The summed E-state index contributed by atoms with van der Waals surface area (Å²) in [7, 11) is 0. The van der Waals surface area contributed by atoms with Gasteiger partial charge in [0.15, 0.2) is 0 Å². The number of aromatic nitrogens is 1. The topological polar surface area (TPSA) is 8.17 Å². The first-order chi connectivity index (χ1) is 38.2. The highest BCUT2D eigenvalue weighted by Crippen LogP contribution is 2.63. The van der Waals surface area contributed by atoms with Gasteiger partial charge in [0.25, 0.3) is 0 Å². The highest BCUT2D eigenvalue weighted by atomic mass is 15.1. The fourth-order valence-electron chi connectivity index (χ4n) is 13.6. The minimum atomic E-state index is -0.414. The maximum Gasteiger partial charge on any atom is 0.0725 e. The minimum absolute atomic E-state index is 0.414. The first-order valence-electron chi connectivity index (χ1n) is 26.7. The molecule has 0 N–H and O–H groups in total. The Labute approximate surface area is 447 Å². The Bertz CT molecular complexity index is 4500. The van der Waals surface area contributed by atoms with Gasteiger partial charge in [-0.2, -0.15) is 0 Å². The van der Waals surface area contributed by atoms with Crippen molar-refractivity contribution in [2.24, 2.45) is 0 Å². The second-order valence-corrected chi connectivity index (χ2v) is 20.7. The van der Waals surface area contributed by atoms with Gasteiger partial charge >= 0.3 is 0 Å². The van der Waals surface area contributed by atoms with Crippen molar-refractivity contribution in [2.45, 2.75) is 5.41 Å². The van der Waals surface area contributed by atoms with E-state index in [0.29, 0.717) is 0 Å². The first kappa shape index (κ1) is 43.4. The van der Waals surface area contributed by atoms with Crippen molar-refractivity contribution < 1.29 is 0 Å². The maximum absolute atomic E-state index is 2.54. The molecule has 0 unspecified atom stereocenters. The van der Waals surface area contributed by atoms with E-state index >= 15 is 0 Å². The van der Waals surface area contributed by atoms with Crippen LogP contribution in [0.5, 0.6) is 0 Å². The Kier molecular flexibility index (Phi) is 9.58. The Morgan fingerprint density at radius 1 is 0.247 bits per heavy atom. The fraction of sp³-hybridized carbons (Fsp3) is 0.0133. The number of para-hydroxylation sites is 3. The standard InChI is InChI=1S/C75H48N2/c1-3-19-53(20-4-1)76(54-21-5-2-6-22-54)55-41-35-49(36-42-55)51-40-46-72-66(47-51)61-26-14-18-34-71(61)77(72)56-43-37-50(38-44-56)73-62-27-7-9-29-64(62)74(65-30-10-8-28-63(65)73)52-39-45-60-59-25-13-17-33-69(59)75(70(60)48-52)67-31-15-11-23-57(67)58-24-12-16-32-68(58)75/h1-48H. The van der Waals surface area contributed by atoms with Crippen molar-refractivity contribution in [2.75, 3.05) is 4.90 Å². The molecule has 0 atom stereocenters. The third-order valence-corrected chi connectivity index (χ3v) is 16.8. The normalized spacial score (nSPS) is 12.8. The van der Waals surface area contributed by atoms with Crippen LogP contribution in [0, 0.1) is 0 Å². The lowest BCUT2D eigenvalue weighted by molar-refractivity contribution is 0.794. The molecule has 1 heterocycles. The van der Waals surface area contributed by atoms with Crippen molar-refractivity contribution in [1.29, 1.82) is 0 Å². The minimum Gasteiger partial charge on any atom is -0.311 e. The molecule has 0 saturated carbocycles. The quantitative estimate of drug-likeness (QED) is 0.145. The van der Waals surface area contributed by atoms with Crippen LogP contribution in [0.4, 0.5) is 17.1 Å². The summed E-state index contributed by atoms with van der Waals surface area (Å²) >= 11 is 0. The van der Waals surface area contributed by atoms with Crippen LogP contribution < -0.4 is 4.90 Å². The lowest BCUT2D eigenvalue weighted by Crippen LogP contribution is -2.25. The lowest BCUT2D eigenvalue weighted by Gasteiger charge is -2.30. The Hall–Kier alpha value is -10.0. The van der Waals surface area contributed by atoms with Gasteiger partial charge in [-0.1, -0.05) is 218 Å². The van der Waals surface area contributed by atoms with E-state index in [0.717, 1.165) is 22.7 Å². The van der Waals surface area contributed by atoms with E-state index in [4.69, 9.17) is 0 Å². The molecule has 0 radical (unpaired) electrons. The van der Waals surface area contributed by atoms with Crippen LogP contribution in [0.25, 0.3) is 105 Å². The third-order valence-electron chi connectivity index (χ3n) is 16.8.